The van der Waals surface area contributed by atoms with E-state index in [0.717, 1.165) is 36.8 Å². The number of aryl methyl sites for hydroxylation is 1. The molecule has 0 atom stereocenters. The van der Waals surface area contributed by atoms with Gasteiger partial charge in [0.05, 0.1) is 25.7 Å². The molecule has 1 saturated carbocycles. The highest BCUT2D eigenvalue weighted by atomic mass is 16.6. The van der Waals surface area contributed by atoms with Crippen LogP contribution in [-0.4, -0.2) is 88.0 Å². The number of carbonyl (C=O) groups is 7. The maximum absolute atomic E-state index is 13.1. The molecule has 15 heteroatoms. The summed E-state index contributed by atoms with van der Waals surface area (Å²) in [5.41, 5.74) is 0.772. The summed E-state index contributed by atoms with van der Waals surface area (Å²) < 4.78 is 42.9. The van der Waals surface area contributed by atoms with Crippen molar-refractivity contribution in [3.8, 4) is 22.6 Å². The maximum atomic E-state index is 13.1. The number of unbranched alkanes of at least 4 members (excludes halogenated alkanes) is 2. The van der Waals surface area contributed by atoms with Crippen LogP contribution in [0.1, 0.15) is 98.0 Å². The minimum Gasteiger partial charge on any atom is -0.492 e. The molecule has 0 N–H and O–H groups in total. The zero-order valence-corrected chi connectivity index (χ0v) is 37.3. The van der Waals surface area contributed by atoms with Crippen LogP contribution in [0.25, 0.3) is 11.1 Å². The maximum Gasteiger partial charge on any atom is 0.417 e. The smallest absolute Gasteiger partial charge is 0.417 e. The second-order valence-corrected chi connectivity index (χ2v) is 15.7. The normalized spacial score (nSPS) is 14.6. The molecule has 2 aromatic rings. The molecule has 0 spiro atoms. The van der Waals surface area contributed by atoms with Crippen LogP contribution in [-0.2, 0) is 68.4 Å². The molecule has 0 aromatic heterocycles. The first-order chi connectivity index (χ1) is 30.1. The van der Waals surface area contributed by atoms with E-state index in [2.05, 4.69) is 20.1 Å². The molecular formula is C48H62O15. The second kappa shape index (κ2) is 26.5. The standard InChI is InChI=1S/C48H62O15/c1-8-11-12-14-34-16-18-36(19-17-34)43(51)63-39-23-20-35(21-24-39)37-22-25-40(38(27-37)15-13-26-58-41(49)32(4)5)59-28-48(29-60-42(50)33(6)7,30-61-46(54)44(52)56-9-2)31-62-47(55)45(53)57-10-3/h20-25,27,34,36H,4,6,8-19,26,28-31H2,1-3,5,7H3. The first-order valence-electron chi connectivity index (χ1n) is 21.5. The van der Waals surface area contributed by atoms with Gasteiger partial charge in [-0.25, -0.2) is 28.8 Å². The van der Waals surface area contributed by atoms with Gasteiger partial charge in [0.1, 0.15) is 43.3 Å². The molecule has 0 unspecified atom stereocenters. The lowest BCUT2D eigenvalue weighted by Gasteiger charge is -2.32. The van der Waals surface area contributed by atoms with Gasteiger partial charge in [-0.05, 0) is 113 Å². The molecule has 2 aromatic carbocycles. The van der Waals surface area contributed by atoms with Crippen molar-refractivity contribution in [2.75, 3.05) is 46.2 Å². The first kappa shape index (κ1) is 51.4. The van der Waals surface area contributed by atoms with Gasteiger partial charge in [-0.2, -0.15) is 0 Å². The average molecular weight is 879 g/mol. The lowest BCUT2D eigenvalue weighted by atomic mass is 9.80. The van der Waals surface area contributed by atoms with Crippen LogP contribution in [0.15, 0.2) is 66.8 Å². The van der Waals surface area contributed by atoms with Gasteiger partial charge in [0, 0.05) is 11.1 Å². The van der Waals surface area contributed by atoms with Crippen LogP contribution in [0.3, 0.4) is 0 Å². The van der Waals surface area contributed by atoms with Crippen molar-refractivity contribution in [3.63, 3.8) is 0 Å². The Labute approximate surface area is 369 Å². The van der Waals surface area contributed by atoms with Crippen molar-refractivity contribution in [2.45, 2.75) is 98.8 Å². The van der Waals surface area contributed by atoms with Gasteiger partial charge in [0.15, 0.2) is 0 Å². The summed E-state index contributed by atoms with van der Waals surface area (Å²) in [4.78, 5) is 87.3. The molecule has 0 radical (unpaired) electrons. The molecule has 1 aliphatic carbocycles. The number of esters is 7. The predicted octanol–water partition coefficient (Wildman–Crippen LogP) is 7.39. The van der Waals surface area contributed by atoms with Gasteiger partial charge >= 0.3 is 41.8 Å². The predicted molar refractivity (Wildman–Crippen MR) is 230 cm³/mol. The number of benzene rings is 2. The van der Waals surface area contributed by atoms with Gasteiger partial charge in [0.2, 0.25) is 0 Å². The number of hydrogen-bond donors (Lipinski definition) is 0. The molecule has 63 heavy (non-hydrogen) atoms. The van der Waals surface area contributed by atoms with Gasteiger partial charge < -0.3 is 37.9 Å². The van der Waals surface area contributed by atoms with Crippen LogP contribution in [0.2, 0.25) is 0 Å². The molecular weight excluding hydrogens is 817 g/mol. The van der Waals surface area contributed by atoms with E-state index in [1.165, 1.54) is 46.5 Å². The van der Waals surface area contributed by atoms with Crippen LogP contribution in [0.4, 0.5) is 0 Å². The molecule has 1 fully saturated rings. The van der Waals surface area contributed by atoms with E-state index in [1.807, 2.05) is 18.2 Å². The van der Waals surface area contributed by atoms with Gasteiger partial charge in [-0.15, -0.1) is 0 Å². The highest BCUT2D eigenvalue weighted by Crippen LogP contribution is 2.34. The van der Waals surface area contributed by atoms with Gasteiger partial charge in [-0.1, -0.05) is 64.0 Å². The Bertz CT molecular complexity index is 1870. The summed E-state index contributed by atoms with van der Waals surface area (Å²) in [5.74, 6) is -5.63. The third-order valence-corrected chi connectivity index (χ3v) is 10.3. The molecule has 0 saturated heterocycles. The molecule has 1 aliphatic rings. The zero-order valence-electron chi connectivity index (χ0n) is 37.3. The summed E-state index contributed by atoms with van der Waals surface area (Å²) in [6, 6.07) is 12.5. The topological polar surface area (TPSA) is 193 Å². The summed E-state index contributed by atoms with van der Waals surface area (Å²) in [6.45, 7) is 12.7. The fourth-order valence-corrected chi connectivity index (χ4v) is 6.69. The first-order valence-corrected chi connectivity index (χ1v) is 21.5. The Morgan fingerprint density at radius 1 is 0.603 bits per heavy atom. The number of carbonyl (C=O) groups excluding carboxylic acids is 7. The lowest BCUT2D eigenvalue weighted by Crippen LogP contribution is -2.45. The number of ether oxygens (including phenoxy) is 8. The van der Waals surface area contributed by atoms with Crippen molar-refractivity contribution in [3.05, 3.63) is 72.3 Å². The van der Waals surface area contributed by atoms with Crippen molar-refractivity contribution >= 4 is 41.8 Å². The van der Waals surface area contributed by atoms with E-state index in [9.17, 15) is 33.6 Å². The van der Waals surface area contributed by atoms with E-state index in [-0.39, 0.29) is 42.9 Å². The highest BCUT2D eigenvalue weighted by molar-refractivity contribution is 6.30. The molecule has 0 aliphatic heterocycles. The Balaban J connectivity index is 1.90. The molecule has 15 nitrogen and oxygen atoms in total. The lowest BCUT2D eigenvalue weighted by molar-refractivity contribution is -0.178. The van der Waals surface area contributed by atoms with Crippen LogP contribution in [0, 0.1) is 17.3 Å². The van der Waals surface area contributed by atoms with Gasteiger partial charge in [0.25, 0.3) is 0 Å². The van der Waals surface area contributed by atoms with Crippen LogP contribution in [0.5, 0.6) is 11.5 Å². The minimum atomic E-state index is -1.70. The molecule has 3 rings (SSSR count). The van der Waals surface area contributed by atoms with Crippen molar-refractivity contribution < 1.29 is 71.5 Å². The molecule has 344 valence electrons. The Morgan fingerprint density at radius 2 is 1.13 bits per heavy atom. The quantitative estimate of drug-likeness (QED) is 0.0253. The SMILES string of the molecule is C=C(C)C(=O)OCCCc1cc(-c2ccc(OC(=O)C3CCC(CCCCC)CC3)cc2)ccc1OCC(COC(=O)C(=C)C)(COC(=O)C(=O)OCC)COC(=O)C(=O)OCC. The highest BCUT2D eigenvalue weighted by Gasteiger charge is 2.39. The monoisotopic (exact) mass is 878 g/mol. The summed E-state index contributed by atoms with van der Waals surface area (Å²) in [5, 5.41) is 0. The van der Waals surface area contributed by atoms with E-state index in [0.29, 0.717) is 35.8 Å². The fourth-order valence-electron chi connectivity index (χ4n) is 6.69. The molecule has 0 heterocycles. The number of rotatable bonds is 24. The van der Waals surface area contributed by atoms with Gasteiger partial charge in [-0.3, -0.25) is 4.79 Å². The number of hydrogen-bond acceptors (Lipinski definition) is 15. The zero-order chi connectivity index (χ0) is 46.4. The second-order valence-electron chi connectivity index (χ2n) is 15.7. The van der Waals surface area contributed by atoms with E-state index in [4.69, 9.17) is 37.9 Å². The Morgan fingerprint density at radius 3 is 1.67 bits per heavy atom. The minimum absolute atomic E-state index is 0.0312. The summed E-state index contributed by atoms with van der Waals surface area (Å²) in [6.07, 6.45) is 9.31. The van der Waals surface area contributed by atoms with Crippen LogP contribution >= 0.6 is 0 Å². The summed E-state index contributed by atoms with van der Waals surface area (Å²) in [7, 11) is 0. The summed E-state index contributed by atoms with van der Waals surface area (Å²) >= 11 is 0. The Kier molecular flexibility index (Phi) is 21.6. The fraction of sp³-hybridized carbons (Fsp3) is 0.521. The van der Waals surface area contributed by atoms with Crippen molar-refractivity contribution in [1.29, 1.82) is 0 Å². The third kappa shape index (κ3) is 17.4. The average Bonchev–Trinajstić information content (AvgIpc) is 3.27. The van der Waals surface area contributed by atoms with Crippen molar-refractivity contribution in [2.24, 2.45) is 17.3 Å². The Hall–Kier alpha value is -5.99. The third-order valence-electron chi connectivity index (χ3n) is 10.3. The molecule has 0 amide bonds. The van der Waals surface area contributed by atoms with Crippen molar-refractivity contribution in [1.82, 2.24) is 0 Å². The van der Waals surface area contributed by atoms with E-state index >= 15 is 0 Å². The molecule has 0 bridgehead atoms. The van der Waals surface area contributed by atoms with E-state index < -0.39 is 67.7 Å². The van der Waals surface area contributed by atoms with E-state index in [1.54, 1.807) is 31.2 Å². The largest absolute Gasteiger partial charge is 0.492 e. The van der Waals surface area contributed by atoms with Crippen LogP contribution < -0.4 is 9.47 Å².